The summed E-state index contributed by atoms with van der Waals surface area (Å²) in [6.07, 6.45) is 0. The first-order chi connectivity index (χ1) is 12.5. The molecule has 134 valence electrons. The maximum atomic E-state index is 12.3. The van der Waals surface area contributed by atoms with Gasteiger partial charge in [-0.05, 0) is 29.5 Å². The van der Waals surface area contributed by atoms with Crippen molar-refractivity contribution >= 4 is 22.9 Å². The van der Waals surface area contributed by atoms with Crippen LogP contribution < -0.4 is 5.32 Å². The number of benzene rings is 1. The molecule has 8 nitrogen and oxygen atoms in total. The number of hydrogen-bond acceptors (Lipinski definition) is 7. The first kappa shape index (κ1) is 17.7. The highest BCUT2D eigenvalue weighted by atomic mass is 32.1. The number of rotatable bonds is 6. The highest BCUT2D eigenvalue weighted by Gasteiger charge is 2.25. The van der Waals surface area contributed by atoms with E-state index in [2.05, 4.69) is 15.5 Å². The summed E-state index contributed by atoms with van der Waals surface area (Å²) >= 11 is 1.35. The molecular weight excluding hydrogens is 356 g/mol. The van der Waals surface area contributed by atoms with Crippen molar-refractivity contribution in [3.8, 4) is 11.4 Å². The van der Waals surface area contributed by atoms with Gasteiger partial charge in [0.15, 0.2) is 0 Å². The summed E-state index contributed by atoms with van der Waals surface area (Å²) in [6.45, 7) is 3.88. The predicted octanol–water partition coefficient (Wildman–Crippen LogP) is 3.83. The molecule has 0 aliphatic heterocycles. The van der Waals surface area contributed by atoms with Gasteiger partial charge in [-0.25, -0.2) is 0 Å². The number of nitro benzene ring substituents is 1. The van der Waals surface area contributed by atoms with Crippen LogP contribution in [0.5, 0.6) is 0 Å². The SMILES string of the molecule is CC(C)[C@@H](NC(=O)c1cccs1)c1nc(-c2ccc([N+](=O)[O-])cc2)no1. The number of nitro groups is 1. The lowest BCUT2D eigenvalue weighted by Crippen LogP contribution is -2.31. The molecule has 2 heterocycles. The fourth-order valence-electron chi connectivity index (χ4n) is 2.34. The van der Waals surface area contributed by atoms with E-state index in [0.29, 0.717) is 22.2 Å². The summed E-state index contributed by atoms with van der Waals surface area (Å²) in [6, 6.07) is 8.98. The molecule has 1 atom stereocenters. The zero-order valence-electron chi connectivity index (χ0n) is 14.1. The molecule has 1 N–H and O–H groups in total. The van der Waals surface area contributed by atoms with E-state index in [-0.39, 0.29) is 17.5 Å². The molecular formula is C17H16N4O4S. The van der Waals surface area contributed by atoms with Crippen LogP contribution in [0.1, 0.15) is 35.5 Å². The first-order valence-electron chi connectivity index (χ1n) is 7.88. The summed E-state index contributed by atoms with van der Waals surface area (Å²) in [4.78, 5) is 27.5. The lowest BCUT2D eigenvalue weighted by Gasteiger charge is -2.17. The Morgan fingerprint density at radius 2 is 2.00 bits per heavy atom. The minimum Gasteiger partial charge on any atom is -0.339 e. The minimum atomic E-state index is -0.472. The Bertz CT molecular complexity index is 903. The quantitative estimate of drug-likeness (QED) is 0.520. The monoisotopic (exact) mass is 372 g/mol. The number of nitrogens with zero attached hydrogens (tertiary/aromatic N) is 3. The van der Waals surface area contributed by atoms with E-state index in [0.717, 1.165) is 0 Å². The van der Waals surface area contributed by atoms with E-state index < -0.39 is 11.0 Å². The molecule has 2 aromatic heterocycles. The van der Waals surface area contributed by atoms with Crippen molar-refractivity contribution in [1.82, 2.24) is 15.5 Å². The van der Waals surface area contributed by atoms with Crippen molar-refractivity contribution < 1.29 is 14.2 Å². The summed E-state index contributed by atoms with van der Waals surface area (Å²) in [5, 5.41) is 19.4. The smallest absolute Gasteiger partial charge is 0.269 e. The molecule has 0 spiro atoms. The lowest BCUT2D eigenvalue weighted by atomic mass is 10.0. The van der Waals surface area contributed by atoms with Gasteiger partial charge in [0.05, 0.1) is 9.80 Å². The molecule has 0 aliphatic rings. The van der Waals surface area contributed by atoms with Crippen molar-refractivity contribution in [3.63, 3.8) is 0 Å². The van der Waals surface area contributed by atoms with Gasteiger partial charge in [0.2, 0.25) is 11.7 Å². The second kappa shape index (κ2) is 7.44. The van der Waals surface area contributed by atoms with Crippen LogP contribution in [0.3, 0.4) is 0 Å². The van der Waals surface area contributed by atoms with E-state index in [4.69, 9.17) is 4.52 Å². The van der Waals surface area contributed by atoms with Gasteiger partial charge in [0.25, 0.3) is 11.6 Å². The molecule has 1 aromatic carbocycles. The second-order valence-electron chi connectivity index (χ2n) is 5.93. The molecule has 0 aliphatic carbocycles. The summed E-state index contributed by atoms with van der Waals surface area (Å²) in [5.74, 6) is 0.432. The number of carbonyl (C=O) groups excluding carboxylic acids is 1. The number of nitrogens with one attached hydrogen (secondary N) is 1. The van der Waals surface area contributed by atoms with Crippen LogP contribution in [0.15, 0.2) is 46.3 Å². The van der Waals surface area contributed by atoms with Crippen LogP contribution in [0.4, 0.5) is 5.69 Å². The summed E-state index contributed by atoms with van der Waals surface area (Å²) in [7, 11) is 0. The average Bonchev–Trinajstić information content (AvgIpc) is 3.31. The number of carbonyl (C=O) groups is 1. The van der Waals surface area contributed by atoms with E-state index >= 15 is 0 Å². The minimum absolute atomic E-state index is 0.0132. The largest absolute Gasteiger partial charge is 0.339 e. The topological polar surface area (TPSA) is 111 Å². The predicted molar refractivity (Wildman–Crippen MR) is 95.8 cm³/mol. The van der Waals surface area contributed by atoms with Gasteiger partial charge in [-0.15, -0.1) is 11.3 Å². The van der Waals surface area contributed by atoms with Gasteiger partial charge in [-0.2, -0.15) is 4.98 Å². The lowest BCUT2D eigenvalue weighted by molar-refractivity contribution is -0.384. The van der Waals surface area contributed by atoms with Crippen molar-refractivity contribution in [3.05, 3.63) is 62.7 Å². The highest BCUT2D eigenvalue weighted by Crippen LogP contribution is 2.25. The van der Waals surface area contributed by atoms with E-state index in [1.54, 1.807) is 18.2 Å². The number of non-ortho nitro benzene ring substituents is 1. The van der Waals surface area contributed by atoms with Crippen LogP contribution in [-0.4, -0.2) is 21.0 Å². The maximum absolute atomic E-state index is 12.3. The normalized spacial score (nSPS) is 12.1. The van der Waals surface area contributed by atoms with Gasteiger partial charge in [-0.1, -0.05) is 25.1 Å². The third kappa shape index (κ3) is 3.77. The van der Waals surface area contributed by atoms with Crippen molar-refractivity contribution in [1.29, 1.82) is 0 Å². The Morgan fingerprint density at radius 3 is 2.58 bits per heavy atom. The third-order valence-corrected chi connectivity index (χ3v) is 4.61. The Hall–Kier alpha value is -3.07. The van der Waals surface area contributed by atoms with Gasteiger partial charge in [0, 0.05) is 17.7 Å². The molecule has 26 heavy (non-hydrogen) atoms. The van der Waals surface area contributed by atoms with Gasteiger partial charge in [0.1, 0.15) is 6.04 Å². The van der Waals surface area contributed by atoms with Crippen LogP contribution in [0.2, 0.25) is 0 Å². The third-order valence-electron chi connectivity index (χ3n) is 3.74. The number of amides is 1. The Kier molecular flexibility index (Phi) is 5.08. The number of hydrogen-bond donors (Lipinski definition) is 1. The van der Waals surface area contributed by atoms with E-state index in [1.807, 2.05) is 25.3 Å². The summed E-state index contributed by atoms with van der Waals surface area (Å²) < 4.78 is 5.33. The first-order valence-corrected chi connectivity index (χ1v) is 8.76. The Balaban J connectivity index is 1.81. The fourth-order valence-corrected chi connectivity index (χ4v) is 2.97. The van der Waals surface area contributed by atoms with Gasteiger partial charge < -0.3 is 9.84 Å². The standard InChI is InChI=1S/C17H16N4O4S/c1-10(2)14(18-16(22)13-4-3-9-26-13)17-19-15(20-25-17)11-5-7-12(8-6-11)21(23)24/h3-10,14H,1-2H3,(H,18,22)/t14-/m1/s1. The van der Waals surface area contributed by atoms with Crippen molar-refractivity contribution in [2.45, 2.75) is 19.9 Å². The van der Waals surface area contributed by atoms with Gasteiger partial charge >= 0.3 is 0 Å². The molecule has 0 unspecified atom stereocenters. The average molecular weight is 372 g/mol. The zero-order chi connectivity index (χ0) is 18.7. The van der Waals surface area contributed by atoms with Crippen LogP contribution in [0, 0.1) is 16.0 Å². The molecule has 3 aromatic rings. The van der Waals surface area contributed by atoms with Gasteiger partial charge in [-0.3, -0.25) is 14.9 Å². The second-order valence-corrected chi connectivity index (χ2v) is 6.88. The molecule has 0 radical (unpaired) electrons. The Labute approximate surface area is 153 Å². The molecule has 9 heteroatoms. The van der Waals surface area contributed by atoms with Crippen molar-refractivity contribution in [2.24, 2.45) is 5.92 Å². The van der Waals surface area contributed by atoms with Crippen LogP contribution >= 0.6 is 11.3 Å². The summed E-state index contributed by atoms with van der Waals surface area (Å²) in [5.41, 5.74) is 0.582. The van der Waals surface area contributed by atoms with Crippen molar-refractivity contribution in [2.75, 3.05) is 0 Å². The molecule has 3 rings (SSSR count). The number of thiophene rings is 1. The molecule has 0 bridgehead atoms. The zero-order valence-corrected chi connectivity index (χ0v) is 14.9. The Morgan fingerprint density at radius 1 is 1.27 bits per heavy atom. The fraction of sp³-hybridized carbons (Fsp3) is 0.235. The highest BCUT2D eigenvalue weighted by molar-refractivity contribution is 7.12. The molecule has 0 fully saturated rings. The van der Waals surface area contributed by atoms with E-state index in [9.17, 15) is 14.9 Å². The molecule has 0 saturated carbocycles. The molecule has 1 amide bonds. The number of aromatic nitrogens is 2. The maximum Gasteiger partial charge on any atom is 0.269 e. The molecule has 0 saturated heterocycles. The van der Waals surface area contributed by atoms with Crippen LogP contribution in [-0.2, 0) is 0 Å². The van der Waals surface area contributed by atoms with E-state index in [1.165, 1.54) is 23.5 Å². The van der Waals surface area contributed by atoms with Crippen LogP contribution in [0.25, 0.3) is 11.4 Å².